The highest BCUT2D eigenvalue weighted by Crippen LogP contribution is 2.39. The van der Waals surface area contributed by atoms with E-state index in [1.165, 1.54) is 101 Å². The second kappa shape index (κ2) is 42.1. The molecule has 0 radical (unpaired) electrons. The van der Waals surface area contributed by atoms with Gasteiger partial charge in [0, 0.05) is 66.5 Å². The molecular weight excluding hydrogens is 1820 g/mol. The molecule has 20 aromatic carbocycles. The van der Waals surface area contributed by atoms with Gasteiger partial charge >= 0.3 is 0 Å². The van der Waals surface area contributed by atoms with Crippen LogP contribution in [0.4, 0.5) is 0 Å². The van der Waals surface area contributed by atoms with Crippen molar-refractivity contribution in [3.63, 3.8) is 0 Å². The fraction of sp³-hybridized carbons (Fsp3) is 0.0294. The fourth-order valence-corrected chi connectivity index (χ4v) is 36.0. The summed E-state index contributed by atoms with van der Waals surface area (Å²) < 4.78 is 2.36. The summed E-state index contributed by atoms with van der Waals surface area (Å²) in [6.07, 6.45) is 0. The van der Waals surface area contributed by atoms with Gasteiger partial charge in [0.15, 0.2) is 41.7 Å². The summed E-state index contributed by atoms with van der Waals surface area (Å²) in [7, 11) is -8.14. The molecule has 146 heavy (non-hydrogen) atoms. The molecule has 24 aromatic rings. The Kier molecular flexibility index (Phi) is 26.8. The smallest absolute Gasteiger partial charge is 0.179 e. The van der Waals surface area contributed by atoms with Crippen LogP contribution >= 0.6 is 0 Å². The van der Waals surface area contributed by atoms with Crippen LogP contribution < -0.4 is 62.2 Å². The van der Waals surface area contributed by atoms with Crippen molar-refractivity contribution in [2.45, 2.75) is 27.7 Å². The molecule has 0 N–H and O–H groups in total. The largest absolute Gasteiger partial charge is 0.309 e. The lowest BCUT2D eigenvalue weighted by molar-refractivity contribution is 1.17. The van der Waals surface area contributed by atoms with Crippen LogP contribution in [-0.2, 0) is 0 Å². The van der Waals surface area contributed by atoms with Crippen LogP contribution in [0.1, 0.15) is 22.3 Å². The highest BCUT2D eigenvalue weighted by atomic mass is 28.3. The van der Waals surface area contributed by atoms with Crippen molar-refractivity contribution in [3.8, 4) is 107 Å². The van der Waals surface area contributed by atoms with Gasteiger partial charge in [0.25, 0.3) is 0 Å². The van der Waals surface area contributed by atoms with E-state index in [4.69, 9.17) is 29.9 Å². The van der Waals surface area contributed by atoms with Crippen molar-refractivity contribution < 1.29 is 0 Å². The van der Waals surface area contributed by atoms with E-state index < -0.39 is 24.2 Å². The van der Waals surface area contributed by atoms with Gasteiger partial charge < -0.3 is 4.57 Å². The molecule has 0 amide bonds. The zero-order valence-corrected chi connectivity index (χ0v) is 84.8. The highest BCUT2D eigenvalue weighted by Gasteiger charge is 2.45. The quantitative estimate of drug-likeness (QED) is 0.0497. The maximum absolute atomic E-state index is 5.45. The minimum atomic E-state index is -2.78. The number of benzene rings is 20. The van der Waals surface area contributed by atoms with Crippen LogP contribution in [0, 0.1) is 27.7 Å². The van der Waals surface area contributed by atoms with Gasteiger partial charge in [0.1, 0.15) is 0 Å². The predicted molar refractivity (Wildman–Crippen MR) is 619 cm³/mol. The van der Waals surface area contributed by atoms with Crippen LogP contribution in [0.5, 0.6) is 0 Å². The van der Waals surface area contributed by atoms with Crippen LogP contribution in [0.25, 0.3) is 129 Å². The predicted octanol–water partition coefficient (Wildman–Crippen LogP) is 24.9. The van der Waals surface area contributed by atoms with E-state index in [9.17, 15) is 0 Å². The highest BCUT2D eigenvalue weighted by molar-refractivity contribution is 7.21. The molecule has 0 fully saturated rings. The molecule has 0 bridgehead atoms. The maximum Gasteiger partial charge on any atom is 0.179 e. The molecule has 0 unspecified atom stereocenters. The Morgan fingerprint density at radius 3 is 0.719 bits per heavy atom. The summed E-state index contributed by atoms with van der Waals surface area (Å²) in [6.45, 7) is 8.63. The van der Waals surface area contributed by atoms with Crippen molar-refractivity contribution in [2.24, 2.45) is 0 Å². The van der Waals surface area contributed by atoms with E-state index in [0.717, 1.165) is 107 Å². The van der Waals surface area contributed by atoms with Crippen molar-refractivity contribution in [1.82, 2.24) is 34.5 Å². The summed E-state index contributed by atoms with van der Waals surface area (Å²) in [5.41, 5.74) is 23.3. The van der Waals surface area contributed by atoms with E-state index >= 15 is 0 Å². The molecule has 696 valence electrons. The van der Waals surface area contributed by atoms with E-state index in [0.29, 0.717) is 5.82 Å². The minimum Gasteiger partial charge on any atom is -0.309 e. The van der Waals surface area contributed by atoms with Gasteiger partial charge in [-0.05, 0) is 162 Å². The van der Waals surface area contributed by atoms with Gasteiger partial charge in [0.2, 0.25) is 0 Å². The summed E-state index contributed by atoms with van der Waals surface area (Å²) in [6, 6.07) is 203. The zero-order valence-electron chi connectivity index (χ0n) is 81.8. The Bertz CT molecular complexity index is 8270. The van der Waals surface area contributed by atoms with Gasteiger partial charge in [-0.1, -0.05) is 515 Å². The Labute approximate surface area is 857 Å². The first-order valence-electron chi connectivity index (χ1n) is 49.9. The summed E-state index contributed by atoms with van der Waals surface area (Å²) >= 11 is 0. The normalized spacial score (nSPS) is 11.4. The number of para-hydroxylation sites is 2. The topological polar surface area (TPSA) is 82.3 Å². The molecule has 0 spiro atoms. The third-order valence-electron chi connectivity index (χ3n) is 28.1. The number of hydrogen-bond donors (Lipinski definition) is 0. The molecular formula is C136H105N7Si3. The number of aryl methyl sites for hydroxylation is 4. The lowest BCUT2D eigenvalue weighted by Gasteiger charge is -2.34. The molecule has 0 atom stereocenters. The van der Waals surface area contributed by atoms with Crippen LogP contribution in [0.3, 0.4) is 0 Å². The van der Waals surface area contributed by atoms with Crippen molar-refractivity contribution in [3.05, 3.63) is 586 Å². The molecule has 0 saturated carbocycles. The number of aromatic nitrogens is 7. The minimum absolute atomic E-state index is 0.709. The standard InChI is InChI=1S/C54H41N3Si.C42H34N2Si.C40H30N2Si/c1-38-19-17-20-39(2)53(38)50-37-49(40-33-34-52-48(36-40)47-31-15-16-32-51(47)57(52)42-22-7-3-8-23-42)55-54(56-50)41-21-18-30-46(35-41)58(43-24-9-4-10-25-43,44-26-11-5-12-27-44)45-28-13-6-14-29-45;1-31-26-32(2)28-35(27-31)41-30-40(33-16-7-3-8-17-33)43-42(44-41)34-18-15-25-39(29-34)45(36-19-9-4-10-20-36,37-21-11-5-12-22-37)38-23-13-6-14-24-38;1-6-17-31(18-7-1)38-30-39(32-19-8-2-9-20-32)42-40(41-38)33-21-16-28-37(29-33)43(34-22-10-3-11-23-34,35-24-12-4-13-25-35)36-26-14-5-15-27-36/h3-37H,1-2H3;3-30H,1-2H3;1-30H. The van der Waals surface area contributed by atoms with E-state index in [-0.39, 0.29) is 0 Å². The first-order chi connectivity index (χ1) is 72.0. The lowest BCUT2D eigenvalue weighted by atomic mass is 9.98. The molecule has 10 heteroatoms. The zero-order chi connectivity index (χ0) is 98.6. The summed E-state index contributed by atoms with van der Waals surface area (Å²) in [4.78, 5) is 31.6. The van der Waals surface area contributed by atoms with E-state index in [1.807, 2.05) is 18.2 Å². The average molecular weight is 1920 g/mol. The molecule has 0 aliphatic heterocycles. The number of fused-ring (bicyclic) bond motifs is 3. The van der Waals surface area contributed by atoms with Gasteiger partial charge in [-0.15, -0.1) is 0 Å². The first kappa shape index (κ1) is 93.1. The molecule has 0 saturated heterocycles. The number of hydrogen-bond acceptors (Lipinski definition) is 6. The van der Waals surface area contributed by atoms with Crippen LogP contribution in [0.2, 0.25) is 0 Å². The van der Waals surface area contributed by atoms with Crippen LogP contribution in [0.15, 0.2) is 564 Å². The van der Waals surface area contributed by atoms with Crippen molar-refractivity contribution in [1.29, 1.82) is 0 Å². The molecule has 4 heterocycles. The van der Waals surface area contributed by atoms with Gasteiger partial charge in [-0.25, -0.2) is 29.9 Å². The Morgan fingerprint density at radius 2 is 0.397 bits per heavy atom. The molecule has 0 aliphatic rings. The van der Waals surface area contributed by atoms with Gasteiger partial charge in [-0.2, -0.15) is 0 Å². The Hall–Kier alpha value is -17.9. The van der Waals surface area contributed by atoms with Gasteiger partial charge in [-0.3, -0.25) is 0 Å². The van der Waals surface area contributed by atoms with E-state index in [2.05, 4.69) is 578 Å². The lowest BCUT2D eigenvalue weighted by Crippen LogP contribution is -2.74. The number of rotatable bonds is 22. The Morgan fingerprint density at radius 1 is 0.158 bits per heavy atom. The number of nitrogens with zero attached hydrogens (tertiary/aromatic N) is 7. The average Bonchev–Trinajstić information content (AvgIpc) is 1.08. The van der Waals surface area contributed by atoms with Gasteiger partial charge in [0.05, 0.1) is 45.2 Å². The van der Waals surface area contributed by atoms with Crippen molar-refractivity contribution >= 4 is 108 Å². The SMILES string of the molecule is Cc1cc(C)cc(-c2cc(-c3ccccc3)nc(-c3cccc([Si](c4ccccc4)(c4ccccc4)c4ccccc4)c3)n2)c1.Cc1cccc(C)c1-c1cc(-c2ccc3c(c2)c2ccccc2n3-c2ccccc2)nc(-c2cccc([Si](c3ccccc3)(c3ccccc3)c3ccccc3)c2)n1.c1ccc(-c2cc(-c3ccccc3)nc(-c3cccc([Si](c4ccccc4)(c4ccccc4)c4ccccc4)c3)n2)cc1. The van der Waals surface area contributed by atoms with Crippen molar-refractivity contribution in [2.75, 3.05) is 0 Å². The van der Waals surface area contributed by atoms with E-state index in [1.54, 1.807) is 0 Å². The second-order valence-electron chi connectivity index (χ2n) is 37.3. The van der Waals surface area contributed by atoms with Crippen LogP contribution in [-0.4, -0.2) is 58.7 Å². The maximum atomic E-state index is 5.45. The Balaban J connectivity index is 0.000000126. The molecule has 7 nitrogen and oxygen atoms in total. The summed E-state index contributed by atoms with van der Waals surface area (Å²) in [5.74, 6) is 2.16. The monoisotopic (exact) mass is 1920 g/mol. The molecule has 4 aromatic heterocycles. The molecule has 24 rings (SSSR count). The third-order valence-corrected chi connectivity index (χ3v) is 42.5. The molecule has 0 aliphatic carbocycles. The third kappa shape index (κ3) is 18.6. The fourth-order valence-electron chi connectivity index (χ4n) is 21.6. The first-order valence-corrected chi connectivity index (χ1v) is 55.9. The second-order valence-corrected chi connectivity index (χ2v) is 48.8. The summed E-state index contributed by atoms with van der Waals surface area (Å²) in [5, 5.41) is 18.3.